The summed E-state index contributed by atoms with van der Waals surface area (Å²) in [6, 6.07) is 0. The number of cyclic esters (lactones) is 2. The molecule has 0 aromatic carbocycles. The Labute approximate surface area is 122 Å². The monoisotopic (exact) mass is 316 g/mol. The quantitative estimate of drug-likeness (QED) is 0.323. The lowest BCUT2D eigenvalue weighted by atomic mass is 9.70. The normalized spacial score (nSPS) is 55.3. The molecular formula is C15H12F4O3. The lowest BCUT2D eigenvalue weighted by Gasteiger charge is -2.45. The number of allylic oxidation sites excluding steroid dienone is 2. The fraction of sp³-hybridized carbons (Fsp3) is 0.733. The van der Waals surface area contributed by atoms with Crippen molar-refractivity contribution in [2.75, 3.05) is 0 Å². The van der Waals surface area contributed by atoms with Gasteiger partial charge in [0.1, 0.15) is 0 Å². The average Bonchev–Trinajstić information content (AvgIpc) is 2.84. The fourth-order valence-electron chi connectivity index (χ4n) is 5.68. The van der Waals surface area contributed by atoms with Gasteiger partial charge >= 0.3 is 23.8 Å². The first-order valence-corrected chi connectivity index (χ1v) is 7.41. The van der Waals surface area contributed by atoms with Crippen LogP contribution in [0.15, 0.2) is 12.2 Å². The van der Waals surface area contributed by atoms with E-state index in [2.05, 4.69) is 4.74 Å². The third kappa shape index (κ3) is 1.09. The molecule has 3 saturated carbocycles. The smallest absolute Gasteiger partial charge is 0.318 e. The number of fused-ring (bicyclic) bond motifs is 3. The van der Waals surface area contributed by atoms with Crippen molar-refractivity contribution in [3.05, 3.63) is 12.2 Å². The van der Waals surface area contributed by atoms with Crippen LogP contribution in [0.25, 0.3) is 0 Å². The molecule has 1 aliphatic heterocycles. The number of esters is 2. The molecule has 1 heterocycles. The summed E-state index contributed by atoms with van der Waals surface area (Å²) in [4.78, 5) is 23.6. The molecule has 4 fully saturated rings. The zero-order chi connectivity index (χ0) is 15.7. The van der Waals surface area contributed by atoms with Crippen LogP contribution in [0.1, 0.15) is 12.8 Å². The van der Waals surface area contributed by atoms with Crippen molar-refractivity contribution in [1.29, 1.82) is 0 Å². The average molecular weight is 316 g/mol. The lowest BCUT2D eigenvalue weighted by molar-refractivity contribution is -0.320. The summed E-state index contributed by atoms with van der Waals surface area (Å²) in [6.45, 7) is 0. The van der Waals surface area contributed by atoms with Gasteiger partial charge in [-0.1, -0.05) is 12.2 Å². The van der Waals surface area contributed by atoms with E-state index in [9.17, 15) is 27.2 Å². The van der Waals surface area contributed by atoms with Gasteiger partial charge in [-0.05, 0) is 29.6 Å². The third-order valence-corrected chi connectivity index (χ3v) is 6.69. The lowest BCUT2D eigenvalue weighted by Crippen LogP contribution is -2.60. The fourth-order valence-corrected chi connectivity index (χ4v) is 5.68. The largest absolute Gasteiger partial charge is 0.393 e. The molecule has 3 nitrogen and oxygen atoms in total. The minimum atomic E-state index is -3.98. The first-order valence-electron chi connectivity index (χ1n) is 7.41. The van der Waals surface area contributed by atoms with E-state index in [4.69, 9.17) is 0 Å². The van der Waals surface area contributed by atoms with Crippen molar-refractivity contribution < 1.29 is 31.9 Å². The SMILES string of the molecule is O=C1OC(=O)C2C1C1C=CC2C12CC2C1CC(F)(F)C1(F)F. The predicted octanol–water partition coefficient (Wildman–Crippen LogP) is 2.41. The molecule has 6 atom stereocenters. The molecule has 5 rings (SSSR count). The van der Waals surface area contributed by atoms with Crippen LogP contribution in [-0.2, 0) is 14.3 Å². The number of hydrogen-bond acceptors (Lipinski definition) is 3. The van der Waals surface area contributed by atoms with Crippen LogP contribution in [-0.4, -0.2) is 23.8 Å². The molecule has 0 radical (unpaired) electrons. The van der Waals surface area contributed by atoms with Crippen LogP contribution in [0.2, 0.25) is 0 Å². The van der Waals surface area contributed by atoms with E-state index in [-0.39, 0.29) is 11.8 Å². The minimum absolute atomic E-state index is 0.323. The topological polar surface area (TPSA) is 43.4 Å². The maximum absolute atomic E-state index is 13.7. The highest BCUT2D eigenvalue weighted by Crippen LogP contribution is 2.81. The maximum atomic E-state index is 13.7. The van der Waals surface area contributed by atoms with Gasteiger partial charge in [0.25, 0.3) is 0 Å². The zero-order valence-corrected chi connectivity index (χ0v) is 11.3. The molecular weight excluding hydrogens is 304 g/mol. The van der Waals surface area contributed by atoms with Gasteiger partial charge < -0.3 is 4.74 Å². The molecule has 1 saturated heterocycles. The van der Waals surface area contributed by atoms with Crippen LogP contribution >= 0.6 is 0 Å². The Bertz CT molecular complexity index is 625. The molecule has 7 heteroatoms. The van der Waals surface area contributed by atoms with Crippen molar-refractivity contribution in [2.24, 2.45) is 40.9 Å². The van der Waals surface area contributed by atoms with Crippen LogP contribution < -0.4 is 0 Å². The molecule has 0 N–H and O–H groups in total. The summed E-state index contributed by atoms with van der Waals surface area (Å²) in [5.41, 5.74) is -0.602. The van der Waals surface area contributed by atoms with Gasteiger partial charge in [0, 0.05) is 12.3 Å². The number of carbonyl (C=O) groups excluding carboxylic acids is 2. The van der Waals surface area contributed by atoms with Gasteiger partial charge in [-0.25, -0.2) is 0 Å². The van der Waals surface area contributed by atoms with Crippen LogP contribution in [0.3, 0.4) is 0 Å². The first kappa shape index (κ1) is 13.1. The Balaban J connectivity index is 1.48. The maximum Gasteiger partial charge on any atom is 0.318 e. The Morgan fingerprint density at radius 3 is 1.91 bits per heavy atom. The predicted molar refractivity (Wildman–Crippen MR) is 62.7 cm³/mol. The highest BCUT2D eigenvalue weighted by atomic mass is 19.3. The number of ether oxygens (including phenoxy) is 1. The highest BCUT2D eigenvalue weighted by molar-refractivity contribution is 5.98. The van der Waals surface area contributed by atoms with Gasteiger partial charge in [-0.2, -0.15) is 17.6 Å². The van der Waals surface area contributed by atoms with E-state index in [0.717, 1.165) is 0 Å². The van der Waals surface area contributed by atoms with Crippen molar-refractivity contribution in [3.8, 4) is 0 Å². The molecule has 0 amide bonds. The molecule has 118 valence electrons. The first-order chi connectivity index (χ1) is 10.2. The van der Waals surface area contributed by atoms with Gasteiger partial charge in [0.2, 0.25) is 0 Å². The van der Waals surface area contributed by atoms with Gasteiger partial charge in [-0.15, -0.1) is 0 Å². The second-order valence-electron chi connectivity index (χ2n) is 7.29. The molecule has 22 heavy (non-hydrogen) atoms. The summed E-state index contributed by atoms with van der Waals surface area (Å²) in [6.07, 6.45) is 3.17. The molecule has 2 bridgehead atoms. The molecule has 0 aromatic rings. The van der Waals surface area contributed by atoms with E-state index >= 15 is 0 Å². The summed E-state index contributed by atoms with van der Waals surface area (Å²) in [5, 5.41) is 0. The zero-order valence-electron chi connectivity index (χ0n) is 11.3. The second kappa shape index (κ2) is 3.26. The number of alkyl halides is 4. The van der Waals surface area contributed by atoms with E-state index in [1.807, 2.05) is 0 Å². The number of halogens is 4. The summed E-state index contributed by atoms with van der Waals surface area (Å²) >= 11 is 0. The molecule has 4 aliphatic carbocycles. The highest BCUT2D eigenvalue weighted by Gasteiger charge is 2.84. The van der Waals surface area contributed by atoms with Gasteiger partial charge in [-0.3, -0.25) is 9.59 Å². The standard InChI is InChI=1S/C15H12F4O3/c16-14(17)4-8(15(14,18)19)7-3-13(7)5-1-2-6(13)10-9(5)11(20)22-12(10)21/h1-2,5-10H,3-4H2. The number of hydrogen-bond donors (Lipinski definition) is 0. The summed E-state index contributed by atoms with van der Waals surface area (Å²) < 4.78 is 58.2. The Morgan fingerprint density at radius 1 is 0.909 bits per heavy atom. The summed E-state index contributed by atoms with van der Waals surface area (Å²) in [5.74, 6) is -12.9. The molecule has 1 spiro atoms. The molecule has 5 aliphatic rings. The van der Waals surface area contributed by atoms with Crippen LogP contribution in [0, 0.1) is 40.9 Å². The minimum Gasteiger partial charge on any atom is -0.393 e. The summed E-state index contributed by atoms with van der Waals surface area (Å²) in [7, 11) is 0. The Morgan fingerprint density at radius 2 is 1.45 bits per heavy atom. The Hall–Kier alpha value is -1.40. The van der Waals surface area contributed by atoms with Crippen LogP contribution in [0.4, 0.5) is 17.6 Å². The van der Waals surface area contributed by atoms with E-state index < -0.39 is 59.3 Å². The van der Waals surface area contributed by atoms with Crippen LogP contribution in [0.5, 0.6) is 0 Å². The van der Waals surface area contributed by atoms with E-state index in [0.29, 0.717) is 6.42 Å². The van der Waals surface area contributed by atoms with Gasteiger partial charge in [0.05, 0.1) is 11.8 Å². The second-order valence-corrected chi connectivity index (χ2v) is 7.29. The number of rotatable bonds is 1. The molecule has 0 aromatic heterocycles. The van der Waals surface area contributed by atoms with Crippen molar-refractivity contribution in [3.63, 3.8) is 0 Å². The van der Waals surface area contributed by atoms with Gasteiger partial charge in [0.15, 0.2) is 0 Å². The van der Waals surface area contributed by atoms with Crippen molar-refractivity contribution in [1.82, 2.24) is 0 Å². The van der Waals surface area contributed by atoms with Crippen molar-refractivity contribution in [2.45, 2.75) is 24.7 Å². The van der Waals surface area contributed by atoms with E-state index in [1.54, 1.807) is 12.2 Å². The molecule has 6 unspecified atom stereocenters. The van der Waals surface area contributed by atoms with Crippen molar-refractivity contribution >= 4 is 11.9 Å². The number of carbonyl (C=O) groups is 2. The Kier molecular flexibility index (Phi) is 1.94. The third-order valence-electron chi connectivity index (χ3n) is 6.69. The van der Waals surface area contributed by atoms with E-state index in [1.165, 1.54) is 0 Å².